The van der Waals surface area contributed by atoms with E-state index >= 15 is 0 Å². The van der Waals surface area contributed by atoms with Gasteiger partial charge in [0, 0.05) is 29.0 Å². The lowest BCUT2D eigenvalue weighted by atomic mass is 9.99. The summed E-state index contributed by atoms with van der Waals surface area (Å²) < 4.78 is 10.9. The van der Waals surface area contributed by atoms with E-state index in [2.05, 4.69) is 12.2 Å². The molecule has 1 heterocycles. The number of unbranched alkanes of at least 4 members (excludes halogenated alkanes) is 1. The molecule has 1 aromatic rings. The van der Waals surface area contributed by atoms with Gasteiger partial charge in [0.2, 0.25) is 5.75 Å². The molecule has 2 unspecified atom stereocenters. The topological polar surface area (TPSA) is 151 Å². The summed E-state index contributed by atoms with van der Waals surface area (Å²) in [5.74, 6) is -0.977. The molecule has 1 aliphatic heterocycles. The summed E-state index contributed by atoms with van der Waals surface area (Å²) in [5.41, 5.74) is 6.16. The van der Waals surface area contributed by atoms with Crippen LogP contribution in [0.4, 0.5) is 0 Å². The third kappa shape index (κ3) is 9.24. The number of phenols is 3. The van der Waals surface area contributed by atoms with Crippen molar-refractivity contribution in [3.63, 3.8) is 0 Å². The van der Waals surface area contributed by atoms with Crippen LogP contribution in [0.3, 0.4) is 0 Å². The van der Waals surface area contributed by atoms with Gasteiger partial charge in [-0.15, -0.1) is 0 Å². The van der Waals surface area contributed by atoms with E-state index in [1.807, 2.05) is 21.6 Å². The Morgan fingerprint density at radius 1 is 1.24 bits per heavy atom. The minimum Gasteiger partial charge on any atom is -0.504 e. The van der Waals surface area contributed by atoms with Gasteiger partial charge < -0.3 is 35.8 Å². The number of Topliss-reactive ketones (excluding diaryl/α,β-unsaturated/α-hetero) is 1. The van der Waals surface area contributed by atoms with Crippen LogP contribution in [0.1, 0.15) is 51.5 Å². The summed E-state index contributed by atoms with van der Waals surface area (Å²) in [6.07, 6.45) is 3.56. The highest BCUT2D eigenvalue weighted by Crippen LogP contribution is 2.49. The predicted molar refractivity (Wildman–Crippen MR) is 129 cm³/mol. The molecule has 2 rings (SSSR count). The zero-order valence-corrected chi connectivity index (χ0v) is 20.7. The normalized spacial score (nSPS) is 19.8. The molecule has 3 atom stereocenters. The Balaban J connectivity index is 1.58. The Bertz CT molecular complexity index is 803. The Morgan fingerprint density at radius 2 is 2.00 bits per heavy atom. The fourth-order valence-electron chi connectivity index (χ4n) is 3.23. The third-order valence-corrected chi connectivity index (χ3v) is 8.72. The van der Waals surface area contributed by atoms with Gasteiger partial charge >= 0.3 is 5.97 Å². The molecule has 33 heavy (non-hydrogen) atoms. The predicted octanol–water partition coefficient (Wildman–Crippen LogP) is 2.80. The highest BCUT2D eigenvalue weighted by molar-refractivity contribution is 8.77. The van der Waals surface area contributed by atoms with Gasteiger partial charge in [-0.05, 0) is 39.2 Å². The minimum absolute atomic E-state index is 0.0870. The van der Waals surface area contributed by atoms with E-state index in [0.29, 0.717) is 16.7 Å². The largest absolute Gasteiger partial charge is 0.504 e. The van der Waals surface area contributed by atoms with Crippen molar-refractivity contribution in [3.8, 4) is 17.2 Å². The van der Waals surface area contributed by atoms with Crippen LogP contribution in [0.2, 0.25) is 0 Å². The molecule has 0 amide bonds. The molecule has 6 N–H and O–H groups in total. The van der Waals surface area contributed by atoms with Crippen molar-refractivity contribution in [3.05, 3.63) is 17.7 Å². The van der Waals surface area contributed by atoms with Crippen LogP contribution < -0.4 is 11.1 Å². The number of benzene rings is 1. The molecule has 0 spiro atoms. The maximum Gasteiger partial charge on any atom is 0.308 e. The van der Waals surface area contributed by atoms with Crippen molar-refractivity contribution in [2.45, 2.75) is 69.6 Å². The molecule has 186 valence electrons. The van der Waals surface area contributed by atoms with Crippen LogP contribution >= 0.6 is 21.6 Å². The molecule has 11 heteroatoms. The van der Waals surface area contributed by atoms with Gasteiger partial charge in [0.05, 0.1) is 19.2 Å². The number of hydrogen-bond donors (Lipinski definition) is 5. The number of ether oxygens (including phenoxy) is 2. The van der Waals surface area contributed by atoms with E-state index < -0.39 is 29.6 Å². The van der Waals surface area contributed by atoms with Crippen molar-refractivity contribution in [2.75, 3.05) is 18.9 Å². The maximum atomic E-state index is 12.2. The monoisotopic (exact) mass is 502 g/mol. The second-order valence-corrected chi connectivity index (χ2v) is 11.3. The second-order valence-electron chi connectivity index (χ2n) is 8.32. The van der Waals surface area contributed by atoms with Gasteiger partial charge in [-0.25, -0.2) is 0 Å². The van der Waals surface area contributed by atoms with Crippen LogP contribution in [-0.4, -0.2) is 63.1 Å². The number of rotatable bonds is 14. The lowest BCUT2D eigenvalue weighted by Crippen LogP contribution is -2.41. The molecule has 0 aliphatic carbocycles. The number of esters is 1. The summed E-state index contributed by atoms with van der Waals surface area (Å²) in [7, 11) is 3.85. The SMILES string of the molecule is CC(OCC(N)C(=O)CNCc1ccc(O)c(O)c1O)OC(=O)CCCC[C@]1(C)CCSS1. The number of carbonyl (C=O) groups excluding carboxylic acids is 2. The van der Waals surface area contributed by atoms with Crippen molar-refractivity contribution in [1.82, 2.24) is 5.32 Å². The van der Waals surface area contributed by atoms with Crippen molar-refractivity contribution in [2.24, 2.45) is 5.73 Å². The highest BCUT2D eigenvalue weighted by Gasteiger charge is 2.29. The van der Waals surface area contributed by atoms with Crippen LogP contribution in [0.5, 0.6) is 17.2 Å². The number of hydrogen-bond acceptors (Lipinski definition) is 11. The van der Waals surface area contributed by atoms with Crippen molar-refractivity contribution >= 4 is 33.3 Å². The number of carbonyl (C=O) groups is 2. The van der Waals surface area contributed by atoms with Gasteiger partial charge in [0.1, 0.15) is 0 Å². The maximum absolute atomic E-state index is 12.2. The molecule has 1 aromatic carbocycles. The molecule has 0 radical (unpaired) electrons. The first-order valence-electron chi connectivity index (χ1n) is 10.9. The molecule has 1 aliphatic rings. The van der Waals surface area contributed by atoms with E-state index in [0.717, 1.165) is 19.3 Å². The van der Waals surface area contributed by atoms with Gasteiger partial charge in [0.25, 0.3) is 0 Å². The van der Waals surface area contributed by atoms with Crippen LogP contribution in [0.15, 0.2) is 12.1 Å². The first-order chi connectivity index (χ1) is 15.6. The number of phenolic OH excluding ortho intramolecular Hbond substituents is 3. The molecule has 0 bridgehead atoms. The lowest BCUT2D eigenvalue weighted by Gasteiger charge is -2.21. The average Bonchev–Trinajstić information content (AvgIpc) is 3.21. The average molecular weight is 503 g/mol. The molecule has 1 saturated heterocycles. The van der Waals surface area contributed by atoms with Crippen molar-refractivity contribution < 1.29 is 34.4 Å². The quantitative estimate of drug-likeness (QED) is 0.0839. The van der Waals surface area contributed by atoms with Gasteiger partial charge in [0.15, 0.2) is 23.6 Å². The Labute approximate surface area is 202 Å². The summed E-state index contributed by atoms with van der Waals surface area (Å²) in [4.78, 5) is 24.1. The second kappa shape index (κ2) is 13.3. The fraction of sp³-hybridized carbons (Fsp3) is 0.636. The van der Waals surface area contributed by atoms with E-state index in [9.17, 15) is 24.9 Å². The zero-order valence-electron chi connectivity index (χ0n) is 19.0. The van der Waals surface area contributed by atoms with Gasteiger partial charge in [-0.2, -0.15) is 0 Å². The van der Waals surface area contributed by atoms with E-state index in [-0.39, 0.29) is 31.4 Å². The smallest absolute Gasteiger partial charge is 0.308 e. The van der Waals surface area contributed by atoms with Crippen LogP contribution in [-0.2, 0) is 25.6 Å². The van der Waals surface area contributed by atoms with E-state index in [4.69, 9.17) is 15.2 Å². The Kier molecular flexibility index (Phi) is 11.1. The molecule has 0 aromatic heterocycles. The highest BCUT2D eigenvalue weighted by atomic mass is 33.1. The first kappa shape index (κ1) is 27.6. The lowest BCUT2D eigenvalue weighted by molar-refractivity contribution is -0.175. The Hall–Kier alpha value is -1.66. The molecular formula is C22H34N2O7S2. The molecule has 0 saturated carbocycles. The zero-order chi connectivity index (χ0) is 24.4. The van der Waals surface area contributed by atoms with Crippen LogP contribution in [0.25, 0.3) is 0 Å². The van der Waals surface area contributed by atoms with Gasteiger partial charge in [-0.3, -0.25) is 9.59 Å². The summed E-state index contributed by atoms with van der Waals surface area (Å²) >= 11 is 0. The van der Waals surface area contributed by atoms with Gasteiger partial charge in [-0.1, -0.05) is 34.1 Å². The minimum atomic E-state index is -0.914. The van der Waals surface area contributed by atoms with E-state index in [1.54, 1.807) is 6.92 Å². The first-order valence-corrected chi connectivity index (χ1v) is 13.3. The third-order valence-electron chi connectivity index (χ3n) is 5.36. The molecule has 9 nitrogen and oxygen atoms in total. The molecular weight excluding hydrogens is 468 g/mol. The van der Waals surface area contributed by atoms with E-state index in [1.165, 1.54) is 24.3 Å². The number of aromatic hydroxyl groups is 3. The summed E-state index contributed by atoms with van der Waals surface area (Å²) in [6.45, 7) is 3.75. The number of nitrogens with one attached hydrogen (secondary N) is 1. The Morgan fingerprint density at radius 3 is 2.70 bits per heavy atom. The molecule has 1 fully saturated rings. The van der Waals surface area contributed by atoms with Crippen LogP contribution in [0, 0.1) is 0 Å². The summed E-state index contributed by atoms with van der Waals surface area (Å²) in [5, 5.41) is 31.4. The van der Waals surface area contributed by atoms with Crippen molar-refractivity contribution in [1.29, 1.82) is 0 Å². The number of nitrogens with two attached hydrogens (primary N) is 1. The number of ketones is 1. The standard InChI is InChI=1S/C22H34N2O7S2/c1-14(31-19(27)5-3-4-8-22(2)9-10-32-33-22)30-13-16(23)18(26)12-24-11-15-6-7-17(25)21(29)20(15)28/h6-7,14,16,24-25,28-29H,3-5,8-13,23H2,1-2H3/t14?,16?,22-/m1/s1. The summed E-state index contributed by atoms with van der Waals surface area (Å²) in [6, 6.07) is 1.75. The fourth-order valence-corrected chi connectivity index (χ4v) is 6.53.